The molecule has 1 atom stereocenters. The quantitative estimate of drug-likeness (QED) is 0.933. The molecule has 1 aromatic heterocycles. The summed E-state index contributed by atoms with van der Waals surface area (Å²) in [6.45, 7) is 10.1. The van der Waals surface area contributed by atoms with Gasteiger partial charge in [-0.25, -0.2) is 0 Å². The summed E-state index contributed by atoms with van der Waals surface area (Å²) in [6, 6.07) is 7.63. The van der Waals surface area contributed by atoms with Gasteiger partial charge in [-0.15, -0.1) is 0 Å². The zero-order valence-corrected chi connectivity index (χ0v) is 15.6. The van der Waals surface area contributed by atoms with Crippen molar-refractivity contribution in [3.8, 4) is 5.75 Å². The third-order valence-electron chi connectivity index (χ3n) is 4.33. The van der Waals surface area contributed by atoms with E-state index in [0.717, 1.165) is 22.7 Å². The van der Waals surface area contributed by atoms with Crippen LogP contribution in [0.25, 0.3) is 0 Å². The molecule has 0 aliphatic rings. The Balaban J connectivity index is 2.42. The van der Waals surface area contributed by atoms with E-state index < -0.39 is 0 Å². The van der Waals surface area contributed by atoms with Gasteiger partial charge < -0.3 is 10.1 Å². The van der Waals surface area contributed by atoms with Gasteiger partial charge in [-0.1, -0.05) is 39.0 Å². The number of hydrogen-bond donors (Lipinski definition) is 1. The molecule has 24 heavy (non-hydrogen) atoms. The highest BCUT2D eigenvalue weighted by Gasteiger charge is 2.31. The van der Waals surface area contributed by atoms with Crippen LogP contribution in [-0.4, -0.2) is 22.8 Å². The summed E-state index contributed by atoms with van der Waals surface area (Å²) in [4.78, 5) is 12.9. The Bertz CT molecular complexity index is 742. The molecule has 0 aliphatic heterocycles. The fourth-order valence-electron chi connectivity index (χ4n) is 2.97. The molecule has 0 spiro atoms. The van der Waals surface area contributed by atoms with Crippen LogP contribution >= 0.6 is 0 Å². The van der Waals surface area contributed by atoms with Gasteiger partial charge in [-0.3, -0.25) is 9.48 Å². The van der Waals surface area contributed by atoms with Gasteiger partial charge in [-0.05, 0) is 25.3 Å². The first-order chi connectivity index (χ1) is 11.2. The second-order valence-corrected chi connectivity index (χ2v) is 7.18. The van der Waals surface area contributed by atoms with Crippen molar-refractivity contribution < 1.29 is 9.53 Å². The molecule has 1 amide bonds. The summed E-state index contributed by atoms with van der Waals surface area (Å²) in [5.41, 5.74) is 3.04. The van der Waals surface area contributed by atoms with Crippen LogP contribution in [-0.2, 0) is 7.05 Å². The zero-order valence-electron chi connectivity index (χ0n) is 15.6. The monoisotopic (exact) mass is 329 g/mol. The number of ether oxygens (including phenoxy) is 1. The molecule has 1 aromatic carbocycles. The molecule has 2 rings (SSSR count). The normalized spacial score (nSPS) is 12.8. The molecule has 1 unspecified atom stereocenters. The Hall–Kier alpha value is -2.30. The van der Waals surface area contributed by atoms with E-state index in [1.165, 1.54) is 0 Å². The molecule has 0 fully saturated rings. The van der Waals surface area contributed by atoms with E-state index >= 15 is 0 Å². The fourth-order valence-corrected chi connectivity index (χ4v) is 2.97. The van der Waals surface area contributed by atoms with Crippen molar-refractivity contribution in [1.82, 2.24) is 15.1 Å². The number of hydrogen-bond acceptors (Lipinski definition) is 3. The van der Waals surface area contributed by atoms with E-state index in [-0.39, 0.29) is 17.4 Å². The number of para-hydroxylation sites is 1. The summed E-state index contributed by atoms with van der Waals surface area (Å²) in [7, 11) is 3.50. The first-order valence-corrected chi connectivity index (χ1v) is 8.10. The van der Waals surface area contributed by atoms with Gasteiger partial charge in [0, 0.05) is 18.3 Å². The molecule has 0 radical (unpaired) electrons. The number of benzene rings is 1. The number of aryl methyl sites for hydroxylation is 2. The van der Waals surface area contributed by atoms with E-state index in [4.69, 9.17) is 4.74 Å². The molecule has 0 aliphatic carbocycles. The molecule has 5 nitrogen and oxygen atoms in total. The molecular weight excluding hydrogens is 302 g/mol. The molecule has 0 bridgehead atoms. The van der Waals surface area contributed by atoms with E-state index in [2.05, 4.69) is 31.2 Å². The van der Waals surface area contributed by atoms with Crippen LogP contribution in [0.5, 0.6) is 5.75 Å². The van der Waals surface area contributed by atoms with E-state index in [1.807, 2.05) is 45.2 Å². The fraction of sp³-hybridized carbons (Fsp3) is 0.474. The maximum Gasteiger partial charge on any atom is 0.255 e. The maximum absolute atomic E-state index is 12.9. The number of methoxy groups -OCH3 is 1. The summed E-state index contributed by atoms with van der Waals surface area (Å²) < 4.78 is 7.23. The van der Waals surface area contributed by atoms with Crippen molar-refractivity contribution in [1.29, 1.82) is 0 Å². The van der Waals surface area contributed by atoms with Crippen LogP contribution in [0.1, 0.15) is 54.1 Å². The van der Waals surface area contributed by atoms with Crippen LogP contribution in [0.15, 0.2) is 24.3 Å². The topological polar surface area (TPSA) is 56.1 Å². The Labute approximate surface area is 144 Å². The molecular formula is C19H27N3O2. The largest absolute Gasteiger partial charge is 0.496 e. The molecule has 130 valence electrons. The highest BCUT2D eigenvalue weighted by molar-refractivity contribution is 5.96. The van der Waals surface area contributed by atoms with Gasteiger partial charge >= 0.3 is 0 Å². The number of nitrogens with one attached hydrogen (secondary N) is 1. The van der Waals surface area contributed by atoms with E-state index in [1.54, 1.807) is 11.8 Å². The number of rotatable bonds is 4. The number of aromatic nitrogens is 2. The van der Waals surface area contributed by atoms with Crippen LogP contribution in [0.3, 0.4) is 0 Å². The maximum atomic E-state index is 12.9. The zero-order chi connectivity index (χ0) is 18.1. The lowest BCUT2D eigenvalue weighted by Crippen LogP contribution is -2.37. The minimum Gasteiger partial charge on any atom is -0.496 e. The van der Waals surface area contributed by atoms with Crippen LogP contribution < -0.4 is 10.1 Å². The second-order valence-electron chi connectivity index (χ2n) is 7.18. The predicted octanol–water partition coefficient (Wildman–Crippen LogP) is 3.56. The molecule has 1 N–H and O–H groups in total. The van der Waals surface area contributed by atoms with Crippen molar-refractivity contribution in [2.24, 2.45) is 12.5 Å². The van der Waals surface area contributed by atoms with E-state index in [9.17, 15) is 4.79 Å². The van der Waals surface area contributed by atoms with Gasteiger partial charge in [-0.2, -0.15) is 5.10 Å². The number of nitrogens with zero attached hydrogens (tertiary/aromatic N) is 2. The van der Waals surface area contributed by atoms with Crippen molar-refractivity contribution in [2.75, 3.05) is 7.11 Å². The Morgan fingerprint density at radius 3 is 2.38 bits per heavy atom. The van der Waals surface area contributed by atoms with Crippen molar-refractivity contribution >= 4 is 5.91 Å². The summed E-state index contributed by atoms with van der Waals surface area (Å²) in [6.07, 6.45) is 0. The smallest absolute Gasteiger partial charge is 0.255 e. The highest BCUT2D eigenvalue weighted by atomic mass is 16.5. The molecule has 5 heteroatoms. The second kappa shape index (κ2) is 6.67. The van der Waals surface area contributed by atoms with Gasteiger partial charge in [0.1, 0.15) is 5.75 Å². The van der Waals surface area contributed by atoms with Gasteiger partial charge in [0.2, 0.25) is 0 Å². The SMILES string of the molecule is COc1ccccc1C(NC(=O)c1c(C)nn(C)c1C)C(C)(C)C. The predicted molar refractivity (Wildman–Crippen MR) is 95.3 cm³/mol. The lowest BCUT2D eigenvalue weighted by Gasteiger charge is -2.33. The summed E-state index contributed by atoms with van der Waals surface area (Å²) in [5.74, 6) is 0.668. The lowest BCUT2D eigenvalue weighted by atomic mass is 9.81. The first-order valence-electron chi connectivity index (χ1n) is 8.10. The number of amides is 1. The van der Waals surface area contributed by atoms with Crippen molar-refractivity contribution in [3.63, 3.8) is 0 Å². The summed E-state index contributed by atoms with van der Waals surface area (Å²) >= 11 is 0. The highest BCUT2D eigenvalue weighted by Crippen LogP contribution is 2.37. The van der Waals surface area contributed by atoms with E-state index in [0.29, 0.717) is 5.56 Å². The third-order valence-corrected chi connectivity index (χ3v) is 4.33. The van der Waals surface area contributed by atoms with Crippen molar-refractivity contribution in [3.05, 3.63) is 46.8 Å². The minimum absolute atomic E-state index is 0.107. The molecule has 0 saturated heterocycles. The van der Waals surface area contributed by atoms with Crippen molar-refractivity contribution in [2.45, 2.75) is 40.7 Å². The van der Waals surface area contributed by atoms with Gasteiger partial charge in [0.25, 0.3) is 5.91 Å². The van der Waals surface area contributed by atoms with Gasteiger partial charge in [0.05, 0.1) is 24.4 Å². The van der Waals surface area contributed by atoms with Gasteiger partial charge in [0.15, 0.2) is 0 Å². The standard InChI is InChI=1S/C19H27N3O2/c1-12-16(13(2)22(6)21-12)18(23)20-17(19(3,4)5)14-10-8-9-11-15(14)24-7/h8-11,17H,1-7H3,(H,20,23). The third kappa shape index (κ3) is 3.45. The minimum atomic E-state index is -0.180. The average molecular weight is 329 g/mol. The summed E-state index contributed by atoms with van der Waals surface area (Å²) in [5, 5.41) is 7.53. The molecule has 0 saturated carbocycles. The van der Waals surface area contributed by atoms with Crippen LogP contribution in [0.4, 0.5) is 0 Å². The Morgan fingerprint density at radius 2 is 1.88 bits per heavy atom. The number of carbonyl (C=O) groups is 1. The average Bonchev–Trinajstić information content (AvgIpc) is 2.76. The molecule has 1 heterocycles. The Kier molecular flexibility index (Phi) is 5.02. The Morgan fingerprint density at radius 1 is 1.25 bits per heavy atom. The lowest BCUT2D eigenvalue weighted by molar-refractivity contribution is 0.0899. The first kappa shape index (κ1) is 18.0. The van der Waals surface area contributed by atoms with Crippen LogP contribution in [0.2, 0.25) is 0 Å². The molecule has 2 aromatic rings. The van der Waals surface area contributed by atoms with Crippen LogP contribution in [0, 0.1) is 19.3 Å². The number of carbonyl (C=O) groups excluding carboxylic acids is 1.